The summed E-state index contributed by atoms with van der Waals surface area (Å²) in [4.78, 5) is 0. The minimum atomic E-state index is -3.20. The van der Waals surface area contributed by atoms with Crippen LogP contribution < -0.4 is 14.7 Å². The zero-order valence-corrected chi connectivity index (χ0v) is 28.0. The van der Waals surface area contributed by atoms with E-state index >= 15 is 0 Å². The molecule has 0 aromatic heterocycles. The molecule has 7 aromatic rings. The summed E-state index contributed by atoms with van der Waals surface area (Å²) in [6, 6.07) is 63.3. The molecular weight excluding hydrogens is 682 g/mol. The smallest absolute Gasteiger partial charge is 0.205 e. The largest absolute Gasteiger partial charge is 0.860 e. The van der Waals surface area contributed by atoms with E-state index < -0.39 is 42.2 Å². The molecule has 0 aliphatic rings. The van der Waals surface area contributed by atoms with Crippen LogP contribution >= 0.6 is 0 Å². The van der Waals surface area contributed by atoms with Crippen LogP contribution in [0.15, 0.2) is 182 Å². The maximum atomic E-state index is 12.6. The molecule has 0 amide bonds. The summed E-state index contributed by atoms with van der Waals surface area (Å²) in [6.07, 6.45) is 0. The van der Waals surface area contributed by atoms with Gasteiger partial charge in [-0.3, -0.25) is 0 Å². The Labute approximate surface area is 305 Å². The molecule has 0 fully saturated rings. The van der Waals surface area contributed by atoms with E-state index in [4.69, 9.17) is 0 Å². The molecule has 0 spiro atoms. The van der Waals surface area contributed by atoms with E-state index in [0.29, 0.717) is 0 Å². The van der Waals surface area contributed by atoms with E-state index in [1.807, 2.05) is 0 Å². The lowest BCUT2D eigenvalue weighted by Crippen LogP contribution is -2.50. The third kappa shape index (κ3) is 9.95. The van der Waals surface area contributed by atoms with Crippen LogP contribution in [0.3, 0.4) is 0 Å². The van der Waals surface area contributed by atoms with Crippen LogP contribution in [-0.2, 0) is 0 Å². The number of hydrogen-bond donors (Lipinski definition) is 0. The summed E-state index contributed by atoms with van der Waals surface area (Å²) in [5, 5.41) is 19.7. The van der Waals surface area contributed by atoms with Crippen LogP contribution in [0.2, 0.25) is 0 Å². The Morgan fingerprint density at radius 3 is 0.698 bits per heavy atom. The van der Waals surface area contributed by atoms with Crippen molar-refractivity contribution in [2.75, 3.05) is 0 Å². The summed E-state index contributed by atoms with van der Waals surface area (Å²) in [5.41, 5.74) is 7.50. The fraction of sp³-hybridized carbons (Fsp3) is 0. The lowest BCUT2D eigenvalue weighted by molar-refractivity contribution is -0.372. The summed E-state index contributed by atoms with van der Waals surface area (Å²) in [5.74, 6) is -11.0. The van der Waals surface area contributed by atoms with Crippen molar-refractivity contribution in [2.24, 2.45) is 0 Å². The predicted octanol–water partition coefficient (Wildman–Crippen LogP) is 8.88. The van der Waals surface area contributed by atoms with E-state index in [2.05, 4.69) is 187 Å². The molecule has 0 unspecified atom stereocenters. The van der Waals surface area contributed by atoms with E-state index in [1.165, 1.54) is 45.2 Å². The van der Waals surface area contributed by atoms with Crippen molar-refractivity contribution in [1.29, 1.82) is 0 Å². The second-order valence-corrected chi connectivity index (χ2v) is 11.3. The molecule has 0 saturated heterocycles. The lowest BCUT2D eigenvalue weighted by Gasteiger charge is -2.27. The van der Waals surface area contributed by atoms with Gasteiger partial charge in [-0.25, -0.2) is 13.2 Å². The Morgan fingerprint density at radius 2 is 0.509 bits per heavy atom. The minimum absolute atomic E-state index is 1.25. The molecule has 0 aliphatic carbocycles. The van der Waals surface area contributed by atoms with Gasteiger partial charge in [0.15, 0.2) is 5.75 Å². The van der Waals surface area contributed by atoms with Gasteiger partial charge in [-0.05, 0) is 146 Å². The molecule has 7 rings (SSSR count). The fourth-order valence-electron chi connectivity index (χ4n) is 5.41. The van der Waals surface area contributed by atoms with Gasteiger partial charge in [0.05, 0.1) is 45.2 Å². The van der Waals surface area contributed by atoms with E-state index in [9.17, 15) is 32.0 Å². The van der Waals surface area contributed by atoms with Crippen molar-refractivity contribution in [2.45, 2.75) is 0 Å². The zero-order valence-electron chi connectivity index (χ0n) is 28.0. The maximum Gasteiger partial charge on any atom is 0.205 e. The Bertz CT molecular complexity index is 1790. The van der Waals surface area contributed by atoms with Crippen LogP contribution in [0.1, 0.15) is 33.4 Å². The SMILES string of the molecule is [O-]B([O-])Oc1c(F)c(F)c(F)c(F)c1F.c1ccc([C+](c2ccccc2)c2ccccc2)cc1.c1ccc([C+](c2ccccc2)c2ccccc2)cc1. The van der Waals surface area contributed by atoms with Gasteiger partial charge in [0.25, 0.3) is 0 Å². The maximum absolute atomic E-state index is 12.6. The summed E-state index contributed by atoms with van der Waals surface area (Å²) in [7, 11) is -3.20. The van der Waals surface area contributed by atoms with Crippen molar-refractivity contribution >= 4 is 7.32 Å². The Balaban J connectivity index is 0.000000155. The van der Waals surface area contributed by atoms with Gasteiger partial charge in [-0.1, -0.05) is 36.4 Å². The molecule has 0 radical (unpaired) electrons. The molecule has 0 N–H and O–H groups in total. The minimum Gasteiger partial charge on any atom is -0.860 e. The van der Waals surface area contributed by atoms with Crippen LogP contribution in [0.4, 0.5) is 22.0 Å². The Kier molecular flexibility index (Phi) is 13.5. The normalized spacial score (nSPS) is 10.2. The highest BCUT2D eigenvalue weighted by molar-refractivity contribution is 6.29. The van der Waals surface area contributed by atoms with Crippen LogP contribution in [0.5, 0.6) is 5.75 Å². The summed E-state index contributed by atoms with van der Waals surface area (Å²) < 4.78 is 65.9. The number of halogens is 5. The highest BCUT2D eigenvalue weighted by Gasteiger charge is 2.26. The van der Waals surface area contributed by atoms with Gasteiger partial charge in [-0.15, -0.1) is 0 Å². The third-order valence-electron chi connectivity index (χ3n) is 7.76. The Hall–Kier alpha value is -6.29. The van der Waals surface area contributed by atoms with Gasteiger partial charge >= 0.3 is 0 Å². The van der Waals surface area contributed by atoms with Crippen molar-refractivity contribution < 1.29 is 36.7 Å². The third-order valence-corrected chi connectivity index (χ3v) is 7.76. The quantitative estimate of drug-likeness (QED) is 0.0395. The van der Waals surface area contributed by atoms with E-state index in [1.54, 1.807) is 0 Å². The van der Waals surface area contributed by atoms with Crippen molar-refractivity contribution in [3.8, 4) is 5.75 Å². The average Bonchev–Trinajstić information content (AvgIpc) is 3.21. The predicted molar refractivity (Wildman–Crippen MR) is 192 cm³/mol. The highest BCUT2D eigenvalue weighted by Crippen LogP contribution is 2.32. The van der Waals surface area contributed by atoms with Gasteiger partial charge in [0.2, 0.25) is 29.1 Å². The van der Waals surface area contributed by atoms with E-state index in [-0.39, 0.29) is 0 Å². The number of benzene rings is 7. The molecular formula is C44H30BF5O3. The highest BCUT2D eigenvalue weighted by atomic mass is 19.2. The standard InChI is InChI=1S/2C19H15.C6BF5O3/c2*1-4-10-16(11-5-1)19(17-12-6-2-7-13-17)18-14-8-3-9-15-18;8-1-2(9)4(11)6(15-7(13)14)5(12)3(1)10/h2*1-15H;/q2*+1;-2. The van der Waals surface area contributed by atoms with Crippen molar-refractivity contribution in [3.05, 3.63) is 256 Å². The molecule has 3 nitrogen and oxygen atoms in total. The first-order valence-corrected chi connectivity index (χ1v) is 16.3. The van der Waals surface area contributed by atoms with E-state index in [0.717, 1.165) is 0 Å². The fourth-order valence-corrected chi connectivity index (χ4v) is 5.41. The van der Waals surface area contributed by atoms with Gasteiger partial charge in [0.1, 0.15) is 7.32 Å². The molecule has 53 heavy (non-hydrogen) atoms. The van der Waals surface area contributed by atoms with Gasteiger partial charge in [-0.2, -0.15) is 8.78 Å². The number of hydrogen-bond acceptors (Lipinski definition) is 3. The number of rotatable bonds is 8. The molecule has 262 valence electrons. The molecule has 7 aromatic carbocycles. The molecule has 0 atom stereocenters. The Morgan fingerprint density at radius 1 is 0.321 bits per heavy atom. The topological polar surface area (TPSA) is 55.3 Å². The van der Waals surface area contributed by atoms with Crippen LogP contribution in [0, 0.1) is 40.9 Å². The van der Waals surface area contributed by atoms with Gasteiger partial charge < -0.3 is 14.7 Å². The summed E-state index contributed by atoms with van der Waals surface area (Å²) >= 11 is 0. The summed E-state index contributed by atoms with van der Waals surface area (Å²) in [6.45, 7) is 0. The zero-order chi connectivity index (χ0) is 37.6. The van der Waals surface area contributed by atoms with Crippen molar-refractivity contribution in [1.82, 2.24) is 0 Å². The van der Waals surface area contributed by atoms with Crippen LogP contribution in [-0.4, -0.2) is 7.32 Å². The van der Waals surface area contributed by atoms with Gasteiger partial charge in [0, 0.05) is 0 Å². The molecule has 0 bridgehead atoms. The second kappa shape index (κ2) is 18.8. The average molecular weight is 713 g/mol. The van der Waals surface area contributed by atoms with Crippen molar-refractivity contribution in [3.63, 3.8) is 0 Å². The first kappa shape index (κ1) is 38.0. The first-order chi connectivity index (χ1) is 25.8. The lowest BCUT2D eigenvalue weighted by atomic mass is 9.85. The monoisotopic (exact) mass is 712 g/mol. The molecule has 0 heterocycles. The molecule has 0 aliphatic heterocycles. The first-order valence-electron chi connectivity index (χ1n) is 16.3. The second-order valence-electron chi connectivity index (χ2n) is 11.3. The molecule has 9 heteroatoms. The van der Waals surface area contributed by atoms with Crippen LogP contribution in [0.25, 0.3) is 0 Å². The molecule has 0 saturated carbocycles.